The monoisotopic (exact) mass is 250 g/mol. The number of nitrogens with zero attached hydrogens (tertiary/aromatic N) is 3. The molecule has 0 unspecified atom stereocenters. The normalized spacial score (nSPS) is 16.6. The molecule has 1 fully saturated rings. The van der Waals surface area contributed by atoms with E-state index in [1.165, 1.54) is 0 Å². The van der Waals surface area contributed by atoms with Crippen LogP contribution < -0.4 is 21.9 Å². The number of anilines is 2. The number of rotatable bonds is 4. The number of hydrazine groups is 1. The molecule has 0 radical (unpaired) electrons. The van der Waals surface area contributed by atoms with Gasteiger partial charge in [-0.05, 0) is 24.8 Å². The summed E-state index contributed by atoms with van der Waals surface area (Å²) >= 11 is 0. The van der Waals surface area contributed by atoms with Crippen LogP contribution in [-0.2, 0) is 4.79 Å². The van der Waals surface area contributed by atoms with Crippen molar-refractivity contribution in [3.8, 4) is 0 Å². The number of aromatic nitrogens is 2. The second-order valence-corrected chi connectivity index (χ2v) is 4.48. The van der Waals surface area contributed by atoms with E-state index in [1.54, 1.807) is 6.20 Å². The second kappa shape index (κ2) is 5.63. The summed E-state index contributed by atoms with van der Waals surface area (Å²) in [7, 11) is 0. The standard InChI is InChI=1S/C11H18N6O/c12-9(18)7-8-2-5-17(6-3-8)10-1-4-14-11(15-10)16-13/h1,4,8H,2-3,5-7,13H2,(H2,12,18)(H,14,15,16). The Morgan fingerprint density at radius 2 is 2.22 bits per heavy atom. The average molecular weight is 250 g/mol. The van der Waals surface area contributed by atoms with Gasteiger partial charge in [-0.1, -0.05) is 0 Å². The third-order valence-electron chi connectivity index (χ3n) is 3.20. The van der Waals surface area contributed by atoms with E-state index in [9.17, 15) is 4.79 Å². The largest absolute Gasteiger partial charge is 0.370 e. The highest BCUT2D eigenvalue weighted by atomic mass is 16.1. The van der Waals surface area contributed by atoms with Crippen molar-refractivity contribution in [2.45, 2.75) is 19.3 Å². The first-order chi connectivity index (χ1) is 8.69. The SMILES string of the molecule is NNc1nccc(N2CCC(CC(N)=O)CC2)n1. The Labute approximate surface area is 106 Å². The molecule has 1 aromatic heterocycles. The number of nitrogens with one attached hydrogen (secondary N) is 1. The molecule has 0 saturated carbocycles. The maximum atomic E-state index is 10.9. The molecule has 1 aliphatic heterocycles. The van der Waals surface area contributed by atoms with Crippen molar-refractivity contribution >= 4 is 17.7 Å². The molecule has 18 heavy (non-hydrogen) atoms. The van der Waals surface area contributed by atoms with Gasteiger partial charge in [-0.3, -0.25) is 10.2 Å². The zero-order chi connectivity index (χ0) is 13.0. The van der Waals surface area contributed by atoms with E-state index in [-0.39, 0.29) is 5.91 Å². The van der Waals surface area contributed by atoms with Gasteiger partial charge in [0.05, 0.1) is 0 Å². The van der Waals surface area contributed by atoms with E-state index in [2.05, 4.69) is 20.3 Å². The van der Waals surface area contributed by atoms with Crippen molar-refractivity contribution in [3.05, 3.63) is 12.3 Å². The molecule has 1 aliphatic rings. The van der Waals surface area contributed by atoms with Gasteiger partial charge in [-0.2, -0.15) is 4.98 Å². The molecule has 0 aliphatic carbocycles. The Hall–Kier alpha value is -1.89. The number of carbonyl (C=O) groups is 1. The van der Waals surface area contributed by atoms with Crippen molar-refractivity contribution in [3.63, 3.8) is 0 Å². The quantitative estimate of drug-likeness (QED) is 0.506. The van der Waals surface area contributed by atoms with Crippen LogP contribution in [0.4, 0.5) is 11.8 Å². The summed E-state index contributed by atoms with van der Waals surface area (Å²) in [5.74, 6) is 6.72. The molecular formula is C11H18N6O. The third-order valence-corrected chi connectivity index (χ3v) is 3.20. The lowest BCUT2D eigenvalue weighted by Crippen LogP contribution is -2.35. The van der Waals surface area contributed by atoms with Crippen LogP contribution in [0.1, 0.15) is 19.3 Å². The number of nitrogens with two attached hydrogens (primary N) is 2. The number of piperidine rings is 1. The van der Waals surface area contributed by atoms with Crippen LogP contribution in [0.25, 0.3) is 0 Å². The predicted molar refractivity (Wildman–Crippen MR) is 68.6 cm³/mol. The number of primary amides is 1. The molecule has 1 amide bonds. The van der Waals surface area contributed by atoms with E-state index >= 15 is 0 Å². The first-order valence-corrected chi connectivity index (χ1v) is 6.02. The Kier molecular flexibility index (Phi) is 3.93. The minimum absolute atomic E-state index is 0.217. The molecule has 0 bridgehead atoms. The molecule has 1 saturated heterocycles. The second-order valence-electron chi connectivity index (χ2n) is 4.48. The smallest absolute Gasteiger partial charge is 0.239 e. The highest BCUT2D eigenvalue weighted by molar-refractivity contribution is 5.74. The molecule has 98 valence electrons. The fourth-order valence-corrected chi connectivity index (χ4v) is 2.25. The summed E-state index contributed by atoms with van der Waals surface area (Å²) in [5.41, 5.74) is 7.64. The summed E-state index contributed by atoms with van der Waals surface area (Å²) in [4.78, 5) is 21.3. The first-order valence-electron chi connectivity index (χ1n) is 6.02. The van der Waals surface area contributed by atoms with Gasteiger partial charge in [0.15, 0.2) is 0 Å². The predicted octanol–water partition coefficient (Wildman–Crippen LogP) is -0.146. The van der Waals surface area contributed by atoms with E-state index in [0.717, 1.165) is 31.7 Å². The topological polar surface area (TPSA) is 110 Å². The van der Waals surface area contributed by atoms with Gasteiger partial charge >= 0.3 is 0 Å². The molecule has 2 heterocycles. The van der Waals surface area contributed by atoms with Crippen LogP contribution in [0, 0.1) is 5.92 Å². The summed E-state index contributed by atoms with van der Waals surface area (Å²) in [6.07, 6.45) is 4.07. The lowest BCUT2D eigenvalue weighted by Gasteiger charge is -2.32. The first kappa shape index (κ1) is 12.6. The van der Waals surface area contributed by atoms with Gasteiger partial charge in [-0.25, -0.2) is 10.8 Å². The Morgan fingerprint density at radius 1 is 1.50 bits per heavy atom. The van der Waals surface area contributed by atoms with Gasteiger partial charge in [0.1, 0.15) is 5.82 Å². The molecule has 1 aromatic rings. The number of amides is 1. The highest BCUT2D eigenvalue weighted by Crippen LogP contribution is 2.23. The zero-order valence-corrected chi connectivity index (χ0v) is 10.2. The third kappa shape index (κ3) is 3.07. The number of hydrogen-bond acceptors (Lipinski definition) is 6. The summed E-state index contributed by atoms with van der Waals surface area (Å²) in [6.45, 7) is 1.75. The van der Waals surface area contributed by atoms with Gasteiger partial charge in [0.2, 0.25) is 11.9 Å². The molecule has 7 heteroatoms. The molecular weight excluding hydrogens is 232 g/mol. The van der Waals surface area contributed by atoms with Crippen molar-refractivity contribution in [1.82, 2.24) is 9.97 Å². The molecule has 0 atom stereocenters. The summed E-state index contributed by atoms with van der Waals surface area (Å²) in [6, 6.07) is 1.86. The fraction of sp³-hybridized carbons (Fsp3) is 0.545. The van der Waals surface area contributed by atoms with Crippen molar-refractivity contribution in [2.75, 3.05) is 23.4 Å². The van der Waals surface area contributed by atoms with Gasteiger partial charge in [0, 0.05) is 25.7 Å². The Bertz CT molecular complexity index is 416. The van der Waals surface area contributed by atoms with Gasteiger partial charge < -0.3 is 10.6 Å². The molecule has 5 N–H and O–H groups in total. The zero-order valence-electron chi connectivity index (χ0n) is 10.2. The van der Waals surface area contributed by atoms with Crippen LogP contribution in [0.3, 0.4) is 0 Å². The average Bonchev–Trinajstić information content (AvgIpc) is 2.39. The van der Waals surface area contributed by atoms with Crippen molar-refractivity contribution < 1.29 is 4.79 Å². The molecule has 7 nitrogen and oxygen atoms in total. The Balaban J connectivity index is 1.94. The number of hydrogen-bond donors (Lipinski definition) is 3. The lowest BCUT2D eigenvalue weighted by molar-refractivity contribution is -0.119. The van der Waals surface area contributed by atoms with E-state index in [1.807, 2.05) is 6.07 Å². The summed E-state index contributed by atoms with van der Waals surface area (Å²) < 4.78 is 0. The lowest BCUT2D eigenvalue weighted by atomic mass is 9.93. The van der Waals surface area contributed by atoms with Crippen molar-refractivity contribution in [2.24, 2.45) is 17.5 Å². The van der Waals surface area contributed by atoms with Crippen LogP contribution in [-0.4, -0.2) is 29.0 Å². The maximum Gasteiger partial charge on any atom is 0.239 e. The van der Waals surface area contributed by atoms with Crippen molar-refractivity contribution in [1.29, 1.82) is 0 Å². The minimum Gasteiger partial charge on any atom is -0.370 e. The maximum absolute atomic E-state index is 10.9. The van der Waals surface area contributed by atoms with Gasteiger partial charge in [0.25, 0.3) is 0 Å². The van der Waals surface area contributed by atoms with E-state index in [0.29, 0.717) is 18.3 Å². The van der Waals surface area contributed by atoms with Crippen LogP contribution in [0.2, 0.25) is 0 Å². The summed E-state index contributed by atoms with van der Waals surface area (Å²) in [5, 5.41) is 0. The minimum atomic E-state index is -0.217. The molecule has 2 rings (SSSR count). The number of carbonyl (C=O) groups excluding carboxylic acids is 1. The van der Waals surface area contributed by atoms with Crippen LogP contribution in [0.5, 0.6) is 0 Å². The molecule has 0 spiro atoms. The number of nitrogen functional groups attached to an aromatic ring is 1. The van der Waals surface area contributed by atoms with Gasteiger partial charge in [-0.15, -0.1) is 0 Å². The van der Waals surface area contributed by atoms with E-state index in [4.69, 9.17) is 11.6 Å². The van der Waals surface area contributed by atoms with E-state index < -0.39 is 0 Å². The van der Waals surface area contributed by atoms with Crippen LogP contribution in [0.15, 0.2) is 12.3 Å². The van der Waals surface area contributed by atoms with Crippen LogP contribution >= 0.6 is 0 Å². The Morgan fingerprint density at radius 3 is 2.83 bits per heavy atom. The highest BCUT2D eigenvalue weighted by Gasteiger charge is 2.21. The fourth-order valence-electron chi connectivity index (χ4n) is 2.25. The molecule has 0 aromatic carbocycles.